The summed E-state index contributed by atoms with van der Waals surface area (Å²) in [5.41, 5.74) is 6.60. The predicted molar refractivity (Wildman–Crippen MR) is 266 cm³/mol. The van der Waals surface area contributed by atoms with Crippen molar-refractivity contribution in [2.24, 2.45) is 0 Å². The Kier molecular flexibility index (Phi) is 10.7. The zero-order valence-corrected chi connectivity index (χ0v) is 36.3. The molecule has 66 heavy (non-hydrogen) atoms. The lowest BCUT2D eigenvalue weighted by Crippen LogP contribution is -2.25. The molecule has 0 aliphatic heterocycles. The van der Waals surface area contributed by atoms with Crippen LogP contribution < -0.4 is 15.9 Å². The SMILES string of the molecule is O=P(c1ccc(-c2cc3ccccc3cn2)cc1)(c1cccc(-c2nc(-c3ccccc3)nc(-c3ccccc3)n2)c1)c1cccc(-c2nc(-c3ccccc3)nc(-c3ccccc3)n2)c1. The van der Waals surface area contributed by atoms with Crippen molar-refractivity contribution in [3.05, 3.63) is 231 Å². The van der Waals surface area contributed by atoms with Gasteiger partial charge in [-0.3, -0.25) is 4.98 Å². The van der Waals surface area contributed by atoms with Gasteiger partial charge in [-0.2, -0.15) is 0 Å². The van der Waals surface area contributed by atoms with E-state index in [0.29, 0.717) is 62.0 Å². The van der Waals surface area contributed by atoms with Crippen LogP contribution in [0.2, 0.25) is 0 Å². The van der Waals surface area contributed by atoms with Gasteiger partial charge in [0.25, 0.3) is 0 Å². The molecule has 8 aromatic carbocycles. The number of fused-ring (bicyclic) bond motifs is 1. The fourth-order valence-corrected chi connectivity index (χ4v) is 10.8. The molecule has 0 aliphatic rings. The van der Waals surface area contributed by atoms with E-state index in [0.717, 1.165) is 44.3 Å². The Hall–Kier alpha value is -8.58. The van der Waals surface area contributed by atoms with E-state index in [4.69, 9.17) is 34.9 Å². The van der Waals surface area contributed by atoms with E-state index in [1.807, 2.05) is 212 Å². The average molecular weight is 868 g/mol. The molecular weight excluding hydrogens is 830 g/mol. The Labute approximate surface area is 381 Å². The number of rotatable bonds is 10. The third kappa shape index (κ3) is 7.98. The van der Waals surface area contributed by atoms with E-state index in [1.54, 1.807) is 0 Å². The van der Waals surface area contributed by atoms with Crippen LogP contribution in [-0.4, -0.2) is 34.9 Å². The summed E-state index contributed by atoms with van der Waals surface area (Å²) in [6.45, 7) is 0. The lowest BCUT2D eigenvalue weighted by atomic mass is 10.1. The van der Waals surface area contributed by atoms with Gasteiger partial charge in [0, 0.05) is 66.4 Å². The molecule has 0 saturated carbocycles. The third-order valence-electron chi connectivity index (χ3n) is 11.5. The number of benzene rings is 8. The molecule has 3 aromatic heterocycles. The second-order valence-corrected chi connectivity index (χ2v) is 18.5. The Morgan fingerprint density at radius 3 is 1.03 bits per heavy atom. The quantitative estimate of drug-likeness (QED) is 0.125. The molecule has 11 rings (SSSR count). The topological polar surface area (TPSA) is 107 Å². The van der Waals surface area contributed by atoms with E-state index >= 15 is 4.57 Å². The van der Waals surface area contributed by atoms with Crippen molar-refractivity contribution in [3.63, 3.8) is 0 Å². The lowest BCUT2D eigenvalue weighted by molar-refractivity contribution is 0.592. The molecule has 0 fully saturated rings. The van der Waals surface area contributed by atoms with Crippen LogP contribution in [0.4, 0.5) is 0 Å². The highest BCUT2D eigenvalue weighted by Gasteiger charge is 2.31. The lowest BCUT2D eigenvalue weighted by Gasteiger charge is -2.22. The normalized spacial score (nSPS) is 11.4. The zero-order chi connectivity index (χ0) is 44.3. The first-order valence-electron chi connectivity index (χ1n) is 21.6. The van der Waals surface area contributed by atoms with Gasteiger partial charge in [-0.25, -0.2) is 29.9 Å². The minimum Gasteiger partial charge on any atom is -0.309 e. The third-order valence-corrected chi connectivity index (χ3v) is 14.5. The molecule has 0 unspecified atom stereocenters. The van der Waals surface area contributed by atoms with Crippen molar-refractivity contribution >= 4 is 33.8 Å². The van der Waals surface area contributed by atoms with Gasteiger partial charge in [0.2, 0.25) is 0 Å². The van der Waals surface area contributed by atoms with Gasteiger partial charge in [-0.1, -0.05) is 206 Å². The summed E-state index contributed by atoms with van der Waals surface area (Å²) in [5.74, 6) is 3.10. The second-order valence-electron chi connectivity index (χ2n) is 15.8. The standard InChI is InChI=1S/C57H38N7OP/c65-66(48-33-31-39(32-34-48)51-37-44-25-13-14-26-47(44)38-58-51,49-29-15-27-45(35-49)56-61-52(40-17-5-1-6-18-40)59-53(62-56)41-19-7-2-8-20-41)50-30-16-28-46(36-50)57-63-54(42-21-9-3-10-22-42)60-55(64-57)43-23-11-4-12-24-43/h1-38H. The number of hydrogen-bond acceptors (Lipinski definition) is 8. The number of hydrogen-bond donors (Lipinski definition) is 0. The van der Waals surface area contributed by atoms with Crippen LogP contribution in [0, 0.1) is 0 Å². The molecule has 0 saturated heterocycles. The monoisotopic (exact) mass is 867 g/mol. The Balaban J connectivity index is 1.07. The minimum atomic E-state index is -3.66. The maximum atomic E-state index is 16.6. The first-order valence-corrected chi connectivity index (χ1v) is 23.3. The summed E-state index contributed by atoms with van der Waals surface area (Å²) in [5, 5.41) is 4.04. The molecular formula is C57H38N7OP. The summed E-state index contributed by atoms with van der Waals surface area (Å²) < 4.78 is 16.6. The van der Waals surface area contributed by atoms with Crippen molar-refractivity contribution < 1.29 is 4.57 Å². The predicted octanol–water partition coefficient (Wildman–Crippen LogP) is 11.9. The summed E-state index contributed by atoms with van der Waals surface area (Å²) in [4.78, 5) is 34.7. The molecule has 0 amide bonds. The van der Waals surface area contributed by atoms with Crippen LogP contribution in [0.3, 0.4) is 0 Å². The maximum Gasteiger partial charge on any atom is 0.171 e. The van der Waals surface area contributed by atoms with Gasteiger partial charge in [-0.05, 0) is 23.6 Å². The highest BCUT2D eigenvalue weighted by Crippen LogP contribution is 2.44. The molecule has 0 atom stereocenters. The Morgan fingerprint density at radius 2 is 0.621 bits per heavy atom. The van der Waals surface area contributed by atoms with E-state index < -0.39 is 7.14 Å². The van der Waals surface area contributed by atoms with E-state index in [9.17, 15) is 0 Å². The fourth-order valence-electron chi connectivity index (χ4n) is 8.09. The number of pyridine rings is 1. The van der Waals surface area contributed by atoms with Crippen LogP contribution >= 0.6 is 7.14 Å². The molecule has 8 nitrogen and oxygen atoms in total. The number of aromatic nitrogens is 7. The summed E-state index contributed by atoms with van der Waals surface area (Å²) >= 11 is 0. The molecule has 9 heteroatoms. The van der Waals surface area contributed by atoms with Crippen LogP contribution in [-0.2, 0) is 4.57 Å². The molecule has 0 bridgehead atoms. The zero-order valence-electron chi connectivity index (χ0n) is 35.4. The first kappa shape index (κ1) is 40.2. The summed E-state index contributed by atoms with van der Waals surface area (Å²) in [7, 11) is -3.66. The minimum absolute atomic E-state index is 0.467. The molecule has 3 heterocycles. The average Bonchev–Trinajstić information content (AvgIpc) is 3.41. The van der Waals surface area contributed by atoms with Crippen LogP contribution in [0.5, 0.6) is 0 Å². The van der Waals surface area contributed by atoms with Crippen LogP contribution in [0.25, 0.3) is 90.4 Å². The van der Waals surface area contributed by atoms with Crippen molar-refractivity contribution in [1.82, 2.24) is 34.9 Å². The molecule has 0 spiro atoms. The van der Waals surface area contributed by atoms with Gasteiger partial charge in [0.05, 0.1) is 5.69 Å². The van der Waals surface area contributed by atoms with Gasteiger partial charge < -0.3 is 4.57 Å². The highest BCUT2D eigenvalue weighted by molar-refractivity contribution is 7.85. The maximum absolute atomic E-state index is 16.6. The van der Waals surface area contributed by atoms with E-state index in [-0.39, 0.29) is 0 Å². The van der Waals surface area contributed by atoms with E-state index in [2.05, 4.69) is 18.2 Å². The number of nitrogens with zero attached hydrogens (tertiary/aromatic N) is 7. The van der Waals surface area contributed by atoms with Gasteiger partial charge >= 0.3 is 0 Å². The molecule has 0 aliphatic carbocycles. The summed E-state index contributed by atoms with van der Waals surface area (Å²) in [6, 6.07) is 73.2. The van der Waals surface area contributed by atoms with Crippen molar-refractivity contribution in [2.75, 3.05) is 0 Å². The van der Waals surface area contributed by atoms with Crippen molar-refractivity contribution in [1.29, 1.82) is 0 Å². The highest BCUT2D eigenvalue weighted by atomic mass is 31.2. The molecule has 312 valence electrons. The smallest absolute Gasteiger partial charge is 0.171 e. The molecule has 0 N–H and O–H groups in total. The van der Waals surface area contributed by atoms with Gasteiger partial charge in [-0.15, -0.1) is 0 Å². The summed E-state index contributed by atoms with van der Waals surface area (Å²) in [6.07, 6.45) is 1.89. The largest absolute Gasteiger partial charge is 0.309 e. The van der Waals surface area contributed by atoms with Crippen molar-refractivity contribution in [2.45, 2.75) is 0 Å². The first-order chi connectivity index (χ1) is 32.5. The van der Waals surface area contributed by atoms with Gasteiger partial charge in [0.15, 0.2) is 42.1 Å². The van der Waals surface area contributed by atoms with E-state index in [1.165, 1.54) is 0 Å². The fraction of sp³-hybridized carbons (Fsp3) is 0. The molecule has 0 radical (unpaired) electrons. The van der Waals surface area contributed by atoms with Crippen molar-refractivity contribution in [3.8, 4) is 79.6 Å². The Morgan fingerprint density at radius 1 is 0.273 bits per heavy atom. The molecule has 11 aromatic rings. The van der Waals surface area contributed by atoms with Gasteiger partial charge in [0.1, 0.15) is 0 Å². The van der Waals surface area contributed by atoms with Crippen LogP contribution in [0.1, 0.15) is 0 Å². The second kappa shape index (κ2) is 17.5. The van der Waals surface area contributed by atoms with Crippen LogP contribution in [0.15, 0.2) is 231 Å². The Bertz CT molecular complexity index is 3270.